The van der Waals surface area contributed by atoms with Crippen molar-refractivity contribution in [3.63, 3.8) is 0 Å². The van der Waals surface area contributed by atoms with Gasteiger partial charge >= 0.3 is 0 Å². The van der Waals surface area contributed by atoms with E-state index in [9.17, 15) is 0 Å². The molecule has 0 spiro atoms. The molecular weight excluding hydrogens is 230 g/mol. The van der Waals surface area contributed by atoms with Crippen LogP contribution >= 0.6 is 15.9 Å². The molecule has 1 rings (SSSR count). The van der Waals surface area contributed by atoms with E-state index in [1.165, 1.54) is 0 Å². The number of halogens is 1. The van der Waals surface area contributed by atoms with E-state index in [0.717, 1.165) is 15.8 Å². The minimum absolute atomic E-state index is 0.0620. The quantitative estimate of drug-likeness (QED) is 0.887. The van der Waals surface area contributed by atoms with Gasteiger partial charge in [0.25, 0.3) is 0 Å². The molecule has 13 heavy (non-hydrogen) atoms. The van der Waals surface area contributed by atoms with Gasteiger partial charge in [0, 0.05) is 6.04 Å². The fraction of sp³-hybridized carbons (Fsp3) is 0.400. The topological polar surface area (TPSA) is 35.2 Å². The van der Waals surface area contributed by atoms with Gasteiger partial charge < -0.3 is 10.5 Å². The lowest BCUT2D eigenvalue weighted by molar-refractivity contribution is 0.338. The van der Waals surface area contributed by atoms with Crippen LogP contribution in [-0.2, 0) is 0 Å². The Balaban J connectivity index is 2.92. The van der Waals surface area contributed by atoms with Crippen molar-refractivity contribution < 1.29 is 4.74 Å². The fourth-order valence-electron chi connectivity index (χ4n) is 1.07. The van der Waals surface area contributed by atoms with Crippen molar-refractivity contribution in [2.45, 2.75) is 19.9 Å². The Morgan fingerprint density at radius 3 is 2.69 bits per heavy atom. The summed E-state index contributed by atoms with van der Waals surface area (Å²) in [6.07, 6.45) is 0. The molecule has 0 amide bonds. The molecule has 0 heterocycles. The molecule has 72 valence electrons. The van der Waals surface area contributed by atoms with Gasteiger partial charge in [-0.1, -0.05) is 6.07 Å². The Kier molecular flexibility index (Phi) is 3.75. The third kappa shape index (κ3) is 2.71. The van der Waals surface area contributed by atoms with Crippen LogP contribution in [0.3, 0.4) is 0 Å². The second-order valence-corrected chi connectivity index (χ2v) is 3.77. The Morgan fingerprint density at radius 2 is 2.23 bits per heavy atom. The fourth-order valence-corrected chi connectivity index (χ4v) is 1.58. The predicted molar refractivity (Wildman–Crippen MR) is 57.9 cm³/mol. The molecule has 1 aromatic carbocycles. The maximum absolute atomic E-state index is 5.74. The van der Waals surface area contributed by atoms with Crippen LogP contribution in [0, 0.1) is 0 Å². The summed E-state index contributed by atoms with van der Waals surface area (Å²) in [7, 11) is 0. The van der Waals surface area contributed by atoms with E-state index in [4.69, 9.17) is 10.5 Å². The first-order chi connectivity index (χ1) is 6.15. The van der Waals surface area contributed by atoms with Gasteiger partial charge in [0.15, 0.2) is 0 Å². The lowest BCUT2D eigenvalue weighted by Crippen LogP contribution is -2.05. The lowest BCUT2D eigenvalue weighted by Gasteiger charge is -2.09. The first-order valence-electron chi connectivity index (χ1n) is 4.33. The van der Waals surface area contributed by atoms with Crippen LogP contribution < -0.4 is 10.5 Å². The molecule has 0 aromatic heterocycles. The van der Waals surface area contributed by atoms with Crippen molar-refractivity contribution in [3.8, 4) is 5.75 Å². The zero-order valence-corrected chi connectivity index (χ0v) is 9.47. The predicted octanol–water partition coefficient (Wildman–Crippen LogP) is 2.87. The highest BCUT2D eigenvalue weighted by Gasteiger charge is 2.04. The van der Waals surface area contributed by atoms with Crippen molar-refractivity contribution >= 4 is 15.9 Å². The number of ether oxygens (including phenoxy) is 1. The molecule has 1 unspecified atom stereocenters. The molecule has 0 aliphatic heterocycles. The normalized spacial score (nSPS) is 12.6. The van der Waals surface area contributed by atoms with Gasteiger partial charge in [-0.2, -0.15) is 0 Å². The van der Waals surface area contributed by atoms with Crippen molar-refractivity contribution in [3.05, 3.63) is 28.2 Å². The first-order valence-corrected chi connectivity index (χ1v) is 5.12. The minimum Gasteiger partial charge on any atom is -0.493 e. The molecule has 2 nitrogen and oxygen atoms in total. The summed E-state index contributed by atoms with van der Waals surface area (Å²) in [6, 6.07) is 5.98. The molecular formula is C10H14BrNO. The van der Waals surface area contributed by atoms with Crippen LogP contribution in [-0.4, -0.2) is 6.61 Å². The highest BCUT2D eigenvalue weighted by molar-refractivity contribution is 9.10. The highest BCUT2D eigenvalue weighted by Crippen LogP contribution is 2.27. The SMILES string of the molecule is CCOc1ccc(C(C)N)cc1Br. The Morgan fingerprint density at radius 1 is 1.54 bits per heavy atom. The monoisotopic (exact) mass is 243 g/mol. The van der Waals surface area contributed by atoms with Gasteiger partial charge in [-0.25, -0.2) is 0 Å². The van der Waals surface area contributed by atoms with E-state index in [2.05, 4.69) is 15.9 Å². The zero-order valence-electron chi connectivity index (χ0n) is 7.88. The Bertz CT molecular complexity index is 286. The first kappa shape index (κ1) is 10.5. The van der Waals surface area contributed by atoms with E-state index in [-0.39, 0.29) is 6.04 Å². The van der Waals surface area contributed by atoms with E-state index < -0.39 is 0 Å². The van der Waals surface area contributed by atoms with Crippen molar-refractivity contribution in [1.82, 2.24) is 0 Å². The van der Waals surface area contributed by atoms with Crippen LogP contribution in [0.15, 0.2) is 22.7 Å². The number of rotatable bonds is 3. The maximum atomic E-state index is 5.74. The average Bonchev–Trinajstić information content (AvgIpc) is 2.08. The van der Waals surface area contributed by atoms with Gasteiger partial charge in [0.2, 0.25) is 0 Å². The number of benzene rings is 1. The van der Waals surface area contributed by atoms with Crippen LogP contribution in [0.5, 0.6) is 5.75 Å². The van der Waals surface area contributed by atoms with Crippen LogP contribution in [0.25, 0.3) is 0 Å². The summed E-state index contributed by atoms with van der Waals surface area (Å²) < 4.78 is 6.35. The average molecular weight is 244 g/mol. The molecule has 3 heteroatoms. The van der Waals surface area contributed by atoms with Crippen LogP contribution in [0.1, 0.15) is 25.5 Å². The Labute approximate surface area is 87.2 Å². The Hall–Kier alpha value is -0.540. The van der Waals surface area contributed by atoms with Gasteiger partial charge in [0.05, 0.1) is 11.1 Å². The summed E-state index contributed by atoms with van der Waals surface area (Å²) in [4.78, 5) is 0. The molecule has 0 fully saturated rings. The van der Waals surface area contributed by atoms with Crippen molar-refractivity contribution in [2.75, 3.05) is 6.61 Å². The summed E-state index contributed by atoms with van der Waals surface area (Å²) in [5.74, 6) is 0.868. The maximum Gasteiger partial charge on any atom is 0.133 e. The third-order valence-electron chi connectivity index (χ3n) is 1.78. The second-order valence-electron chi connectivity index (χ2n) is 2.91. The van der Waals surface area contributed by atoms with Gasteiger partial charge in [-0.3, -0.25) is 0 Å². The van der Waals surface area contributed by atoms with Crippen molar-refractivity contribution in [1.29, 1.82) is 0 Å². The van der Waals surface area contributed by atoms with Crippen LogP contribution in [0.2, 0.25) is 0 Å². The van der Waals surface area contributed by atoms with E-state index in [1.54, 1.807) is 0 Å². The number of hydrogen-bond acceptors (Lipinski definition) is 2. The molecule has 0 aliphatic rings. The second kappa shape index (κ2) is 4.63. The van der Waals surface area contributed by atoms with Gasteiger partial charge in [0.1, 0.15) is 5.75 Å². The van der Waals surface area contributed by atoms with Crippen molar-refractivity contribution in [2.24, 2.45) is 5.73 Å². The van der Waals surface area contributed by atoms with E-state index >= 15 is 0 Å². The largest absolute Gasteiger partial charge is 0.493 e. The molecule has 0 aliphatic carbocycles. The van der Waals surface area contributed by atoms with E-state index in [0.29, 0.717) is 6.61 Å². The number of nitrogens with two attached hydrogens (primary N) is 1. The standard InChI is InChI=1S/C10H14BrNO/c1-3-13-10-5-4-8(7(2)12)6-9(10)11/h4-7H,3,12H2,1-2H3. The third-order valence-corrected chi connectivity index (χ3v) is 2.40. The van der Waals surface area contributed by atoms with Gasteiger partial charge in [-0.05, 0) is 47.5 Å². The molecule has 1 aromatic rings. The molecule has 0 bridgehead atoms. The lowest BCUT2D eigenvalue weighted by atomic mass is 10.1. The summed E-state index contributed by atoms with van der Waals surface area (Å²) in [6.45, 7) is 4.60. The zero-order chi connectivity index (χ0) is 9.84. The van der Waals surface area contributed by atoms with E-state index in [1.807, 2.05) is 32.0 Å². The molecule has 1 atom stereocenters. The van der Waals surface area contributed by atoms with Gasteiger partial charge in [-0.15, -0.1) is 0 Å². The smallest absolute Gasteiger partial charge is 0.133 e. The molecule has 2 N–H and O–H groups in total. The minimum atomic E-state index is 0.0620. The summed E-state index contributed by atoms with van der Waals surface area (Å²) in [5.41, 5.74) is 6.85. The summed E-state index contributed by atoms with van der Waals surface area (Å²) in [5, 5.41) is 0. The highest BCUT2D eigenvalue weighted by atomic mass is 79.9. The van der Waals surface area contributed by atoms with Crippen LogP contribution in [0.4, 0.5) is 0 Å². The molecule has 0 radical (unpaired) electrons. The number of hydrogen-bond donors (Lipinski definition) is 1. The molecule has 0 saturated carbocycles. The molecule has 0 saturated heterocycles. The summed E-state index contributed by atoms with van der Waals surface area (Å²) >= 11 is 3.44.